The van der Waals surface area contributed by atoms with E-state index in [1.807, 2.05) is 12.1 Å². The molecule has 39 heavy (non-hydrogen) atoms. The lowest BCUT2D eigenvalue weighted by Gasteiger charge is -2.13. The van der Waals surface area contributed by atoms with Crippen molar-refractivity contribution < 1.29 is 35.4 Å². The highest BCUT2D eigenvalue weighted by Crippen LogP contribution is 2.40. The molecule has 0 fully saturated rings. The van der Waals surface area contributed by atoms with Crippen LogP contribution in [0.4, 0.5) is 18.9 Å². The molecule has 0 spiro atoms. The van der Waals surface area contributed by atoms with Gasteiger partial charge in [-0.2, -0.15) is 21.6 Å². The van der Waals surface area contributed by atoms with E-state index in [-0.39, 0.29) is 24.1 Å². The molecule has 3 aromatic rings. The summed E-state index contributed by atoms with van der Waals surface area (Å²) < 4.78 is 64.5. The molecule has 3 N–H and O–H groups in total. The number of benzene rings is 2. The van der Waals surface area contributed by atoms with Gasteiger partial charge < -0.3 is 20.1 Å². The molecule has 0 radical (unpaired) electrons. The van der Waals surface area contributed by atoms with Crippen LogP contribution in [0.15, 0.2) is 81.7 Å². The maximum atomic E-state index is 12.8. The van der Waals surface area contributed by atoms with Crippen molar-refractivity contribution in [2.24, 2.45) is 0 Å². The van der Waals surface area contributed by atoms with Gasteiger partial charge in [0.05, 0.1) is 23.5 Å². The van der Waals surface area contributed by atoms with Gasteiger partial charge in [-0.3, -0.25) is 14.6 Å². The second-order valence-corrected chi connectivity index (χ2v) is 12.0. The summed E-state index contributed by atoms with van der Waals surface area (Å²) in [6, 6.07) is 14.3. The number of carbonyl (C=O) groups is 2. The Morgan fingerprint density at radius 1 is 1.10 bits per heavy atom. The standard InChI is InChI=1S/C24H17F3N4O5S3/c25-24(26,27)39(34,35)36-14-7-8-28-18(10-14)23-30-12-15(37-23)11-29-21(32)13-5-6-20-17(9-13)31-22(33)16-3-1-2-4-19(16)38-20/h1-10,12,23,30H,11H2,(H,29,32)(H,31,33). The van der Waals surface area contributed by atoms with Crippen molar-refractivity contribution in [3.8, 4) is 5.75 Å². The molecule has 0 aliphatic carbocycles. The highest BCUT2D eigenvalue weighted by atomic mass is 32.2. The van der Waals surface area contributed by atoms with Crippen LogP contribution in [-0.2, 0) is 10.1 Å². The van der Waals surface area contributed by atoms with Crippen LogP contribution < -0.4 is 20.1 Å². The van der Waals surface area contributed by atoms with Gasteiger partial charge >= 0.3 is 15.6 Å². The maximum Gasteiger partial charge on any atom is 0.534 e. The van der Waals surface area contributed by atoms with Crippen LogP contribution in [-0.4, -0.2) is 37.3 Å². The summed E-state index contributed by atoms with van der Waals surface area (Å²) in [6.45, 7) is 0.134. The number of thioether (sulfide) groups is 1. The highest BCUT2D eigenvalue weighted by Gasteiger charge is 2.48. The largest absolute Gasteiger partial charge is 0.534 e. The number of pyridine rings is 1. The number of anilines is 1. The quantitative estimate of drug-likeness (QED) is 0.277. The Kier molecular flexibility index (Phi) is 7.22. The van der Waals surface area contributed by atoms with E-state index in [0.29, 0.717) is 21.7 Å². The first-order valence-electron chi connectivity index (χ1n) is 11.1. The number of nitrogens with one attached hydrogen (secondary N) is 3. The topological polar surface area (TPSA) is 126 Å². The number of halogens is 3. The number of rotatable bonds is 6. The van der Waals surface area contributed by atoms with Crippen LogP contribution in [0.2, 0.25) is 0 Å². The number of nitrogens with zero attached hydrogens (tertiary/aromatic N) is 1. The summed E-state index contributed by atoms with van der Waals surface area (Å²) in [6.07, 6.45) is 2.74. The van der Waals surface area contributed by atoms with Crippen LogP contribution in [0.5, 0.6) is 5.75 Å². The third-order valence-corrected chi connectivity index (χ3v) is 8.75. The van der Waals surface area contributed by atoms with Crippen LogP contribution in [0.1, 0.15) is 31.8 Å². The predicted octanol–water partition coefficient (Wildman–Crippen LogP) is 4.63. The lowest BCUT2D eigenvalue weighted by molar-refractivity contribution is -0.0500. The van der Waals surface area contributed by atoms with Crippen molar-refractivity contribution in [1.29, 1.82) is 0 Å². The van der Waals surface area contributed by atoms with Gasteiger partial charge in [0.25, 0.3) is 11.8 Å². The van der Waals surface area contributed by atoms with Crippen LogP contribution in [0, 0.1) is 0 Å². The average molecular weight is 595 g/mol. The summed E-state index contributed by atoms with van der Waals surface area (Å²) in [5.41, 5.74) is -3.93. The molecule has 15 heteroatoms. The number of fused-ring (bicyclic) bond motifs is 2. The molecule has 0 saturated heterocycles. The molecule has 2 aliphatic heterocycles. The van der Waals surface area contributed by atoms with E-state index in [4.69, 9.17) is 0 Å². The van der Waals surface area contributed by atoms with Crippen LogP contribution in [0.25, 0.3) is 0 Å². The minimum Gasteiger partial charge on any atom is -0.376 e. The predicted molar refractivity (Wildman–Crippen MR) is 139 cm³/mol. The maximum absolute atomic E-state index is 12.8. The van der Waals surface area contributed by atoms with E-state index in [9.17, 15) is 31.2 Å². The molecule has 2 aromatic carbocycles. The summed E-state index contributed by atoms with van der Waals surface area (Å²) in [5.74, 6) is -1.18. The van der Waals surface area contributed by atoms with Crippen molar-refractivity contribution in [2.45, 2.75) is 20.7 Å². The van der Waals surface area contributed by atoms with Gasteiger partial charge in [0.2, 0.25) is 0 Å². The van der Waals surface area contributed by atoms with Crippen molar-refractivity contribution in [3.63, 3.8) is 0 Å². The molecule has 1 atom stereocenters. The molecular weight excluding hydrogens is 577 g/mol. The monoisotopic (exact) mass is 594 g/mol. The van der Waals surface area contributed by atoms with Crippen molar-refractivity contribution in [3.05, 3.63) is 88.7 Å². The summed E-state index contributed by atoms with van der Waals surface area (Å²) in [4.78, 5) is 31.8. The number of hydrogen-bond donors (Lipinski definition) is 3. The molecule has 3 heterocycles. The molecule has 9 nitrogen and oxygen atoms in total. The van der Waals surface area contributed by atoms with Gasteiger partial charge in [-0.25, -0.2) is 0 Å². The number of hydrogen-bond acceptors (Lipinski definition) is 9. The first-order chi connectivity index (χ1) is 18.5. The fourth-order valence-corrected chi connectivity index (χ4v) is 6.04. The Balaban J connectivity index is 1.19. The second kappa shape index (κ2) is 10.5. The van der Waals surface area contributed by atoms with E-state index in [2.05, 4.69) is 25.1 Å². The van der Waals surface area contributed by atoms with Crippen molar-refractivity contribution >= 4 is 51.1 Å². The van der Waals surface area contributed by atoms with Gasteiger partial charge in [-0.05, 0) is 30.3 Å². The zero-order valence-corrected chi connectivity index (χ0v) is 21.9. The molecule has 1 unspecified atom stereocenters. The minimum atomic E-state index is -5.81. The van der Waals surface area contributed by atoms with Crippen LogP contribution in [0.3, 0.4) is 0 Å². The SMILES string of the molecule is O=C(NCC1=CNC(c2cc(OS(=O)(=O)C(F)(F)F)ccn2)S1)c1ccc2c(c1)NC(=O)c1ccccc1S2. The first-order valence-corrected chi connectivity index (χ1v) is 14.2. The molecule has 0 bridgehead atoms. The van der Waals surface area contributed by atoms with Gasteiger partial charge in [-0.15, -0.1) is 0 Å². The van der Waals surface area contributed by atoms with Crippen molar-refractivity contribution in [1.82, 2.24) is 15.6 Å². The van der Waals surface area contributed by atoms with E-state index in [0.717, 1.165) is 28.1 Å². The normalized spacial score (nSPS) is 16.6. The number of alkyl halides is 3. The lowest BCUT2D eigenvalue weighted by Crippen LogP contribution is -2.28. The number of aromatic nitrogens is 1. The summed E-state index contributed by atoms with van der Waals surface area (Å²) >= 11 is 2.66. The molecule has 2 amide bonds. The van der Waals surface area contributed by atoms with Gasteiger partial charge in [-0.1, -0.05) is 35.7 Å². The molecule has 202 valence electrons. The zero-order chi connectivity index (χ0) is 27.8. The van der Waals surface area contributed by atoms with Gasteiger partial charge in [0.15, 0.2) is 0 Å². The van der Waals surface area contributed by atoms with Gasteiger partial charge in [0.1, 0.15) is 11.1 Å². The van der Waals surface area contributed by atoms with E-state index in [1.165, 1.54) is 23.5 Å². The molecule has 2 aliphatic rings. The third-order valence-electron chi connectivity index (χ3n) is 5.44. The van der Waals surface area contributed by atoms with E-state index < -0.39 is 26.7 Å². The Morgan fingerprint density at radius 2 is 1.90 bits per heavy atom. The molecule has 1 aromatic heterocycles. The first kappa shape index (κ1) is 26.9. The van der Waals surface area contributed by atoms with E-state index >= 15 is 0 Å². The number of carbonyl (C=O) groups excluding carboxylic acids is 2. The molecule has 5 rings (SSSR count). The molecule has 0 saturated carbocycles. The van der Waals surface area contributed by atoms with E-state index in [1.54, 1.807) is 36.5 Å². The lowest BCUT2D eigenvalue weighted by atomic mass is 10.1. The van der Waals surface area contributed by atoms with Crippen LogP contribution >= 0.6 is 23.5 Å². The fraction of sp³-hybridized carbons (Fsp3) is 0.125. The summed E-state index contributed by atoms with van der Waals surface area (Å²) in [5, 5.41) is 8.06. The second-order valence-electron chi connectivity index (χ2n) is 8.12. The molecular formula is C24H17F3N4O5S3. The average Bonchev–Trinajstić information content (AvgIpc) is 3.31. The Morgan fingerprint density at radius 3 is 2.69 bits per heavy atom. The fourth-order valence-electron chi connectivity index (χ4n) is 3.60. The third kappa shape index (κ3) is 5.84. The smallest absolute Gasteiger partial charge is 0.376 e. The zero-order valence-electron chi connectivity index (χ0n) is 19.5. The minimum absolute atomic E-state index is 0.134. The van der Waals surface area contributed by atoms with Gasteiger partial charge in [0, 0.05) is 44.8 Å². The highest BCUT2D eigenvalue weighted by molar-refractivity contribution is 8.03. The number of amides is 2. The Bertz CT molecular complexity index is 1610. The Hall–Kier alpha value is -3.69. The Labute approximate surface area is 228 Å². The summed E-state index contributed by atoms with van der Waals surface area (Å²) in [7, 11) is -5.81. The van der Waals surface area contributed by atoms with Crippen molar-refractivity contribution in [2.75, 3.05) is 11.9 Å².